The Balaban J connectivity index is 1.57. The molecule has 176 valence electrons. The van der Waals surface area contributed by atoms with E-state index in [1.807, 2.05) is 5.32 Å². The molecule has 0 saturated heterocycles. The fourth-order valence-electron chi connectivity index (χ4n) is 3.30. The number of nitrogen functional groups attached to an aromatic ring is 1. The predicted molar refractivity (Wildman–Crippen MR) is 115 cm³/mol. The standard InChI is InChI=1S/C22H15ClF5N5O/c23-15-6-5-14(12-7-8-33-16(9-12)31-21(29)32-33)18(25)17(15)20(34)30-10-22(27,28)19(26)11-1-3-13(24)4-2-11/h1-9,19H,10H2,(H2,29,32)(H,30,34). The number of nitrogens with two attached hydrogens (primary N) is 1. The Morgan fingerprint density at radius 3 is 2.56 bits per heavy atom. The average molecular weight is 496 g/mol. The van der Waals surface area contributed by atoms with Gasteiger partial charge in [-0.25, -0.2) is 26.5 Å². The van der Waals surface area contributed by atoms with E-state index >= 15 is 4.39 Å². The van der Waals surface area contributed by atoms with E-state index in [2.05, 4.69) is 10.1 Å². The molecule has 0 radical (unpaired) electrons. The van der Waals surface area contributed by atoms with Gasteiger partial charge in [0, 0.05) is 11.8 Å². The lowest BCUT2D eigenvalue weighted by Gasteiger charge is -2.22. The maximum atomic E-state index is 15.2. The number of benzene rings is 2. The fourth-order valence-corrected chi connectivity index (χ4v) is 3.53. The van der Waals surface area contributed by atoms with Crippen LogP contribution in [-0.4, -0.2) is 33.0 Å². The second kappa shape index (κ2) is 8.90. The van der Waals surface area contributed by atoms with Gasteiger partial charge in [-0.05, 0) is 47.5 Å². The minimum atomic E-state index is -4.06. The van der Waals surface area contributed by atoms with Gasteiger partial charge in [0.25, 0.3) is 11.8 Å². The molecule has 0 aliphatic carbocycles. The molecular weight excluding hydrogens is 481 g/mol. The molecule has 2 heterocycles. The molecule has 0 aliphatic heterocycles. The lowest BCUT2D eigenvalue weighted by atomic mass is 10.0. The van der Waals surface area contributed by atoms with Crippen LogP contribution in [0.1, 0.15) is 22.1 Å². The number of nitrogens with zero attached hydrogens (tertiary/aromatic N) is 3. The van der Waals surface area contributed by atoms with E-state index in [9.17, 15) is 22.4 Å². The van der Waals surface area contributed by atoms with E-state index < -0.39 is 47.3 Å². The van der Waals surface area contributed by atoms with Crippen molar-refractivity contribution in [1.29, 1.82) is 0 Å². The molecule has 3 N–H and O–H groups in total. The molecule has 4 aromatic rings. The van der Waals surface area contributed by atoms with Crippen LogP contribution in [0.2, 0.25) is 5.02 Å². The van der Waals surface area contributed by atoms with Crippen LogP contribution >= 0.6 is 11.6 Å². The number of aromatic nitrogens is 3. The van der Waals surface area contributed by atoms with Crippen molar-refractivity contribution in [1.82, 2.24) is 19.9 Å². The first-order valence-corrected chi connectivity index (χ1v) is 10.1. The summed E-state index contributed by atoms with van der Waals surface area (Å²) in [4.78, 5) is 16.5. The van der Waals surface area contributed by atoms with Crippen molar-refractivity contribution in [3.63, 3.8) is 0 Å². The van der Waals surface area contributed by atoms with Gasteiger partial charge in [0.1, 0.15) is 11.6 Å². The molecule has 2 aromatic heterocycles. The van der Waals surface area contributed by atoms with Crippen LogP contribution in [0.5, 0.6) is 0 Å². The molecule has 0 spiro atoms. The monoisotopic (exact) mass is 495 g/mol. The smallest absolute Gasteiger partial charge is 0.299 e. The largest absolute Gasteiger partial charge is 0.366 e. The third-order valence-electron chi connectivity index (χ3n) is 5.00. The van der Waals surface area contributed by atoms with E-state index in [-0.39, 0.29) is 16.5 Å². The number of pyridine rings is 1. The molecular formula is C22H15ClF5N5O. The summed E-state index contributed by atoms with van der Waals surface area (Å²) in [7, 11) is 0. The molecule has 6 nitrogen and oxygen atoms in total. The number of nitrogens with one attached hydrogen (secondary N) is 1. The van der Waals surface area contributed by atoms with Crippen LogP contribution in [0.15, 0.2) is 54.7 Å². The Hall–Kier alpha value is -3.73. The van der Waals surface area contributed by atoms with Gasteiger partial charge in [-0.3, -0.25) is 4.79 Å². The fraction of sp³-hybridized carbons (Fsp3) is 0.136. The number of carbonyl (C=O) groups is 1. The molecule has 0 saturated carbocycles. The van der Waals surface area contributed by atoms with Gasteiger partial charge in [0.05, 0.1) is 17.1 Å². The van der Waals surface area contributed by atoms with E-state index in [4.69, 9.17) is 17.3 Å². The Kier molecular flexibility index (Phi) is 6.13. The first kappa shape index (κ1) is 23.4. The highest BCUT2D eigenvalue weighted by Gasteiger charge is 2.41. The van der Waals surface area contributed by atoms with Crippen LogP contribution in [0.3, 0.4) is 0 Å². The Morgan fingerprint density at radius 2 is 1.85 bits per heavy atom. The molecule has 4 rings (SSSR count). The molecule has 1 unspecified atom stereocenters. The van der Waals surface area contributed by atoms with Crippen molar-refractivity contribution in [2.45, 2.75) is 12.1 Å². The number of halogens is 6. The normalized spacial score (nSPS) is 12.6. The van der Waals surface area contributed by atoms with E-state index in [0.29, 0.717) is 11.2 Å². The van der Waals surface area contributed by atoms with Crippen molar-refractivity contribution in [2.75, 3.05) is 12.3 Å². The van der Waals surface area contributed by atoms with Gasteiger partial charge in [-0.15, -0.1) is 5.10 Å². The number of hydrogen-bond acceptors (Lipinski definition) is 4. The zero-order valence-corrected chi connectivity index (χ0v) is 17.8. The predicted octanol–water partition coefficient (Wildman–Crippen LogP) is 4.99. The van der Waals surface area contributed by atoms with Gasteiger partial charge in [0.15, 0.2) is 11.8 Å². The van der Waals surface area contributed by atoms with E-state index in [1.165, 1.54) is 35.0 Å². The number of carbonyl (C=O) groups excluding carboxylic acids is 1. The van der Waals surface area contributed by atoms with Crippen LogP contribution in [-0.2, 0) is 0 Å². The molecule has 0 aliphatic rings. The zero-order chi connectivity index (χ0) is 24.6. The number of fused-ring (bicyclic) bond motifs is 1. The first-order valence-electron chi connectivity index (χ1n) is 9.72. The molecule has 0 bridgehead atoms. The number of hydrogen-bond donors (Lipinski definition) is 2. The second-order valence-corrected chi connectivity index (χ2v) is 7.74. The number of rotatable bonds is 6. The molecule has 34 heavy (non-hydrogen) atoms. The summed E-state index contributed by atoms with van der Waals surface area (Å²) < 4.78 is 72.6. The molecule has 1 amide bonds. The van der Waals surface area contributed by atoms with Crippen molar-refractivity contribution in [3.05, 3.63) is 82.5 Å². The zero-order valence-electron chi connectivity index (χ0n) is 17.1. The highest BCUT2D eigenvalue weighted by atomic mass is 35.5. The highest BCUT2D eigenvalue weighted by Crippen LogP contribution is 2.35. The summed E-state index contributed by atoms with van der Waals surface area (Å²) in [6.07, 6.45) is -1.36. The third-order valence-corrected chi connectivity index (χ3v) is 5.32. The summed E-state index contributed by atoms with van der Waals surface area (Å²) in [5.41, 5.74) is 4.93. The third kappa shape index (κ3) is 4.51. The van der Waals surface area contributed by atoms with Gasteiger partial charge in [-0.2, -0.15) is 4.98 Å². The van der Waals surface area contributed by atoms with Gasteiger partial charge in [0.2, 0.25) is 5.95 Å². The number of anilines is 1. The van der Waals surface area contributed by atoms with Crippen LogP contribution < -0.4 is 11.1 Å². The highest BCUT2D eigenvalue weighted by molar-refractivity contribution is 6.34. The Bertz CT molecular complexity index is 1380. The minimum absolute atomic E-state index is 0.00141. The van der Waals surface area contributed by atoms with E-state index in [0.717, 1.165) is 24.3 Å². The van der Waals surface area contributed by atoms with Crippen LogP contribution in [0.4, 0.5) is 27.9 Å². The molecule has 2 aromatic carbocycles. The SMILES string of the molecule is Nc1nc2cc(-c3ccc(Cl)c(C(=O)NCC(F)(F)C(F)c4ccc(F)cc4)c3F)ccn2n1. The maximum absolute atomic E-state index is 15.2. The maximum Gasteiger partial charge on any atom is 0.299 e. The summed E-state index contributed by atoms with van der Waals surface area (Å²) in [5, 5.41) is 5.40. The topological polar surface area (TPSA) is 85.3 Å². The quantitative estimate of drug-likeness (QED) is 0.369. The molecule has 12 heteroatoms. The lowest BCUT2D eigenvalue weighted by Crippen LogP contribution is -2.40. The lowest BCUT2D eigenvalue weighted by molar-refractivity contribution is -0.0700. The van der Waals surface area contributed by atoms with Crippen molar-refractivity contribution < 1.29 is 26.7 Å². The summed E-state index contributed by atoms with van der Waals surface area (Å²) in [5.74, 6) is -7.11. The molecule has 0 fully saturated rings. The van der Waals surface area contributed by atoms with E-state index in [1.54, 1.807) is 0 Å². The van der Waals surface area contributed by atoms with Crippen molar-refractivity contribution in [3.8, 4) is 11.1 Å². The van der Waals surface area contributed by atoms with Gasteiger partial charge < -0.3 is 11.1 Å². The second-order valence-electron chi connectivity index (χ2n) is 7.33. The van der Waals surface area contributed by atoms with Crippen molar-refractivity contribution >= 4 is 29.1 Å². The Morgan fingerprint density at radius 1 is 1.15 bits per heavy atom. The molecule has 1 atom stereocenters. The minimum Gasteiger partial charge on any atom is -0.366 e. The summed E-state index contributed by atoms with van der Waals surface area (Å²) >= 11 is 5.96. The van der Waals surface area contributed by atoms with Crippen LogP contribution in [0, 0.1) is 11.6 Å². The number of alkyl halides is 3. The Labute approximate surface area is 194 Å². The first-order chi connectivity index (χ1) is 16.1. The van der Waals surface area contributed by atoms with Crippen LogP contribution in [0.25, 0.3) is 16.8 Å². The summed E-state index contributed by atoms with van der Waals surface area (Å²) in [6.45, 7) is -1.45. The summed E-state index contributed by atoms with van der Waals surface area (Å²) in [6, 6.07) is 8.89. The van der Waals surface area contributed by atoms with Crippen molar-refractivity contribution in [2.24, 2.45) is 0 Å². The number of amides is 1. The van der Waals surface area contributed by atoms with Gasteiger partial charge in [-0.1, -0.05) is 23.7 Å². The average Bonchev–Trinajstić information content (AvgIpc) is 3.17. The van der Waals surface area contributed by atoms with Gasteiger partial charge >= 0.3 is 0 Å².